The topological polar surface area (TPSA) is 122 Å². The highest BCUT2D eigenvalue weighted by molar-refractivity contribution is 7.89. The van der Waals surface area contributed by atoms with Crippen molar-refractivity contribution in [1.82, 2.24) is 14.6 Å². The third-order valence-electron chi connectivity index (χ3n) is 2.95. The highest BCUT2D eigenvalue weighted by atomic mass is 32.2. The number of hydrogen-bond acceptors (Lipinski definition) is 6. The van der Waals surface area contributed by atoms with E-state index in [0.717, 1.165) is 4.31 Å². The first kappa shape index (κ1) is 14.4. The number of nitrogen functional groups attached to an aromatic ring is 1. The van der Waals surface area contributed by atoms with Crippen molar-refractivity contribution < 1.29 is 18.0 Å². The molecule has 20 heavy (non-hydrogen) atoms. The van der Waals surface area contributed by atoms with Crippen molar-refractivity contribution in [2.75, 3.05) is 12.3 Å². The van der Waals surface area contributed by atoms with Gasteiger partial charge in [-0.2, -0.15) is 4.31 Å². The Labute approximate surface area is 116 Å². The number of aromatic nitrogens is 1. The average Bonchev–Trinajstić information content (AvgIpc) is 2.38. The number of amides is 2. The molecule has 1 fully saturated rings. The number of carbonyl (C=O) groups is 2. The molecule has 8 nitrogen and oxygen atoms in total. The molecule has 0 radical (unpaired) electrons. The zero-order valence-electron chi connectivity index (χ0n) is 10.7. The van der Waals surface area contributed by atoms with Gasteiger partial charge in [0.2, 0.25) is 11.8 Å². The van der Waals surface area contributed by atoms with Gasteiger partial charge < -0.3 is 5.73 Å². The number of anilines is 1. The third-order valence-corrected chi connectivity index (χ3v) is 4.78. The number of nitrogens with one attached hydrogen (secondary N) is 1. The van der Waals surface area contributed by atoms with Crippen LogP contribution in [0, 0.1) is 0 Å². The summed E-state index contributed by atoms with van der Waals surface area (Å²) < 4.78 is 25.9. The lowest BCUT2D eigenvalue weighted by atomic mass is 10.2. The first-order chi connectivity index (χ1) is 9.37. The Kier molecular flexibility index (Phi) is 3.73. The minimum atomic E-state index is -4.10. The zero-order chi connectivity index (χ0) is 14.9. The summed E-state index contributed by atoms with van der Waals surface area (Å²) in [4.78, 5) is 26.9. The summed E-state index contributed by atoms with van der Waals surface area (Å²) in [6, 6.07) is 1.95. The van der Waals surface area contributed by atoms with Crippen LogP contribution in [-0.4, -0.2) is 42.1 Å². The minimum absolute atomic E-state index is 0.0271. The Hall–Kier alpha value is -2.00. The summed E-state index contributed by atoms with van der Waals surface area (Å²) in [5.41, 5.74) is 5.59. The van der Waals surface area contributed by atoms with Crippen LogP contribution < -0.4 is 11.1 Å². The highest BCUT2D eigenvalue weighted by Crippen LogP contribution is 2.23. The van der Waals surface area contributed by atoms with Crippen LogP contribution in [0.15, 0.2) is 23.4 Å². The number of imide groups is 1. The molecule has 9 heteroatoms. The quantitative estimate of drug-likeness (QED) is 0.696. The van der Waals surface area contributed by atoms with E-state index in [2.05, 4.69) is 10.3 Å². The Morgan fingerprint density at radius 3 is 2.80 bits per heavy atom. The number of rotatable bonds is 3. The van der Waals surface area contributed by atoms with Gasteiger partial charge in [0.05, 0.1) is 12.2 Å². The maximum atomic E-state index is 12.5. The second kappa shape index (κ2) is 5.17. The molecule has 3 N–H and O–H groups in total. The van der Waals surface area contributed by atoms with Crippen molar-refractivity contribution in [3.05, 3.63) is 18.3 Å². The van der Waals surface area contributed by atoms with E-state index in [0.29, 0.717) is 0 Å². The van der Waals surface area contributed by atoms with E-state index < -0.39 is 34.4 Å². The molecule has 2 amide bonds. The van der Waals surface area contributed by atoms with Crippen LogP contribution in [0.1, 0.15) is 13.3 Å². The molecular weight excluding hydrogens is 284 g/mol. The number of nitrogens with two attached hydrogens (primary N) is 1. The lowest BCUT2D eigenvalue weighted by molar-refractivity contribution is -0.137. The van der Waals surface area contributed by atoms with Crippen molar-refractivity contribution in [2.24, 2.45) is 0 Å². The fraction of sp³-hybridized carbons (Fsp3) is 0.364. The van der Waals surface area contributed by atoms with Crippen LogP contribution in [0.2, 0.25) is 0 Å². The Bertz CT molecular complexity index is 658. The normalized spacial score (nSPS) is 20.8. The molecule has 2 heterocycles. The molecule has 1 aliphatic rings. The zero-order valence-corrected chi connectivity index (χ0v) is 11.6. The second-order valence-corrected chi connectivity index (χ2v) is 6.09. The van der Waals surface area contributed by atoms with Gasteiger partial charge in [-0.05, 0) is 18.6 Å². The van der Waals surface area contributed by atoms with Gasteiger partial charge in [0.1, 0.15) is 6.04 Å². The molecule has 1 unspecified atom stereocenters. The van der Waals surface area contributed by atoms with Crippen LogP contribution in [-0.2, 0) is 19.6 Å². The predicted octanol–water partition coefficient (Wildman–Crippen LogP) is -0.910. The summed E-state index contributed by atoms with van der Waals surface area (Å²) in [6.45, 7) is 1.23. The maximum Gasteiger partial charge on any atom is 0.263 e. The van der Waals surface area contributed by atoms with Crippen LogP contribution in [0.5, 0.6) is 0 Å². The molecule has 1 saturated heterocycles. The van der Waals surface area contributed by atoms with E-state index in [1.807, 2.05) is 0 Å². The van der Waals surface area contributed by atoms with Crippen LogP contribution >= 0.6 is 0 Å². The molecule has 0 spiro atoms. The Morgan fingerprint density at radius 1 is 1.50 bits per heavy atom. The van der Waals surface area contributed by atoms with Gasteiger partial charge in [-0.15, -0.1) is 0 Å². The predicted molar refractivity (Wildman–Crippen MR) is 69.8 cm³/mol. The maximum absolute atomic E-state index is 12.5. The van der Waals surface area contributed by atoms with E-state index in [4.69, 9.17) is 5.73 Å². The molecule has 1 aliphatic heterocycles. The molecule has 108 valence electrons. The van der Waals surface area contributed by atoms with Crippen LogP contribution in [0.4, 0.5) is 5.69 Å². The van der Waals surface area contributed by atoms with Gasteiger partial charge in [-0.3, -0.25) is 14.9 Å². The molecule has 2 rings (SSSR count). The number of nitrogens with zero attached hydrogens (tertiary/aromatic N) is 2. The van der Waals surface area contributed by atoms with E-state index in [1.165, 1.54) is 18.3 Å². The van der Waals surface area contributed by atoms with Gasteiger partial charge in [-0.1, -0.05) is 6.92 Å². The molecule has 0 saturated carbocycles. The first-order valence-corrected chi connectivity index (χ1v) is 7.38. The van der Waals surface area contributed by atoms with Crippen LogP contribution in [0.25, 0.3) is 0 Å². The molecule has 0 bridgehead atoms. The summed E-state index contributed by atoms with van der Waals surface area (Å²) in [5.74, 6) is -1.31. The molecule has 1 aromatic heterocycles. The van der Waals surface area contributed by atoms with E-state index in [-0.39, 0.29) is 17.1 Å². The SMILES string of the molecule is CCC1C(=O)NC(=O)CN1S(=O)(=O)c1ncccc1N. The minimum Gasteiger partial charge on any atom is -0.396 e. The summed E-state index contributed by atoms with van der Waals surface area (Å²) in [7, 11) is -4.10. The lowest BCUT2D eigenvalue weighted by Gasteiger charge is -2.32. The number of sulfonamides is 1. The smallest absolute Gasteiger partial charge is 0.263 e. The lowest BCUT2D eigenvalue weighted by Crippen LogP contribution is -2.59. The fourth-order valence-corrected chi connectivity index (χ4v) is 3.66. The molecule has 0 aromatic carbocycles. The Balaban J connectivity index is 2.49. The molecule has 1 aromatic rings. The third kappa shape index (κ3) is 2.37. The van der Waals surface area contributed by atoms with Gasteiger partial charge in [0, 0.05) is 6.20 Å². The van der Waals surface area contributed by atoms with Gasteiger partial charge >= 0.3 is 0 Å². The number of carbonyl (C=O) groups excluding carboxylic acids is 2. The molecular formula is C11H14N4O4S. The van der Waals surface area contributed by atoms with Crippen molar-refractivity contribution >= 4 is 27.5 Å². The number of pyridine rings is 1. The summed E-state index contributed by atoms with van der Waals surface area (Å²) in [5, 5.41) is 1.77. The largest absolute Gasteiger partial charge is 0.396 e. The second-order valence-electron chi connectivity index (χ2n) is 4.28. The summed E-state index contributed by atoms with van der Waals surface area (Å²) >= 11 is 0. The standard InChI is InChI=1S/C11H14N4O4S/c1-2-8-10(17)14-9(16)6-15(8)20(18,19)11-7(12)4-3-5-13-11/h3-5,8H,2,6,12H2,1H3,(H,14,16,17). The van der Waals surface area contributed by atoms with Gasteiger partial charge in [0.15, 0.2) is 5.03 Å². The van der Waals surface area contributed by atoms with Crippen LogP contribution in [0.3, 0.4) is 0 Å². The molecule has 0 aliphatic carbocycles. The van der Waals surface area contributed by atoms with Crippen molar-refractivity contribution in [3.8, 4) is 0 Å². The van der Waals surface area contributed by atoms with Crippen molar-refractivity contribution in [3.63, 3.8) is 0 Å². The van der Waals surface area contributed by atoms with E-state index in [1.54, 1.807) is 6.92 Å². The monoisotopic (exact) mass is 298 g/mol. The van der Waals surface area contributed by atoms with Gasteiger partial charge in [0.25, 0.3) is 10.0 Å². The number of hydrogen-bond donors (Lipinski definition) is 2. The van der Waals surface area contributed by atoms with Gasteiger partial charge in [-0.25, -0.2) is 13.4 Å². The van der Waals surface area contributed by atoms with Crippen molar-refractivity contribution in [2.45, 2.75) is 24.4 Å². The summed E-state index contributed by atoms with van der Waals surface area (Å²) in [6.07, 6.45) is 1.53. The average molecular weight is 298 g/mol. The fourth-order valence-electron chi connectivity index (χ4n) is 2.01. The number of piperazine rings is 1. The molecule has 1 atom stereocenters. The first-order valence-electron chi connectivity index (χ1n) is 5.94. The highest BCUT2D eigenvalue weighted by Gasteiger charge is 2.41. The van der Waals surface area contributed by atoms with E-state index >= 15 is 0 Å². The van der Waals surface area contributed by atoms with E-state index in [9.17, 15) is 18.0 Å². The Morgan fingerprint density at radius 2 is 2.20 bits per heavy atom. The van der Waals surface area contributed by atoms with Crippen molar-refractivity contribution in [1.29, 1.82) is 0 Å².